The Morgan fingerprint density at radius 3 is 2.45 bits per heavy atom. The first-order chi connectivity index (χ1) is 5.20. The van der Waals surface area contributed by atoms with E-state index in [9.17, 15) is 9.90 Å². The molecule has 1 aliphatic heterocycles. The zero-order chi connectivity index (χ0) is 8.43. The van der Waals surface area contributed by atoms with E-state index in [4.69, 9.17) is 4.74 Å². The summed E-state index contributed by atoms with van der Waals surface area (Å²) in [5.41, 5.74) is 0. The van der Waals surface area contributed by atoms with Gasteiger partial charge in [0.2, 0.25) is 0 Å². The van der Waals surface area contributed by atoms with E-state index < -0.39 is 12.1 Å². The van der Waals surface area contributed by atoms with Gasteiger partial charge in [0, 0.05) is 5.92 Å². The molecule has 0 saturated carbocycles. The van der Waals surface area contributed by atoms with Crippen molar-refractivity contribution in [2.75, 3.05) is 0 Å². The van der Waals surface area contributed by atoms with Crippen molar-refractivity contribution < 1.29 is 14.6 Å². The molecule has 1 heterocycles. The van der Waals surface area contributed by atoms with Crippen molar-refractivity contribution in [3.05, 3.63) is 0 Å². The van der Waals surface area contributed by atoms with Crippen molar-refractivity contribution in [2.45, 2.75) is 38.9 Å². The molecule has 1 N–H and O–H groups in total. The van der Waals surface area contributed by atoms with Crippen molar-refractivity contribution >= 4 is 5.97 Å². The number of aliphatic hydroxyl groups is 1. The molecule has 0 amide bonds. The molecular formula is C8H14O3. The smallest absolute Gasteiger partial charge is 0.335 e. The Morgan fingerprint density at radius 1 is 1.45 bits per heavy atom. The minimum Gasteiger partial charge on any atom is -0.460 e. The van der Waals surface area contributed by atoms with Crippen LogP contribution in [0.1, 0.15) is 26.7 Å². The molecule has 3 atom stereocenters. The van der Waals surface area contributed by atoms with Gasteiger partial charge in [0.25, 0.3) is 0 Å². The number of cyclic esters (lactones) is 1. The van der Waals surface area contributed by atoms with E-state index in [0.717, 1.165) is 12.8 Å². The van der Waals surface area contributed by atoms with E-state index in [1.807, 2.05) is 13.8 Å². The molecule has 0 aromatic heterocycles. The number of ether oxygens (including phenoxy) is 1. The van der Waals surface area contributed by atoms with Crippen LogP contribution in [0.4, 0.5) is 0 Å². The topological polar surface area (TPSA) is 46.5 Å². The van der Waals surface area contributed by atoms with E-state index in [1.165, 1.54) is 0 Å². The van der Waals surface area contributed by atoms with Crippen LogP contribution in [-0.2, 0) is 9.53 Å². The lowest BCUT2D eigenvalue weighted by molar-refractivity contribution is -0.147. The Hall–Kier alpha value is -0.570. The van der Waals surface area contributed by atoms with Gasteiger partial charge in [-0.15, -0.1) is 0 Å². The van der Waals surface area contributed by atoms with Gasteiger partial charge in [0.05, 0.1) is 0 Å². The molecular weight excluding hydrogens is 144 g/mol. The predicted molar refractivity (Wildman–Crippen MR) is 40.0 cm³/mol. The normalized spacial score (nSPS) is 37.4. The summed E-state index contributed by atoms with van der Waals surface area (Å²) < 4.78 is 4.94. The number of aliphatic hydroxyl groups excluding tert-OH is 1. The van der Waals surface area contributed by atoms with Gasteiger partial charge >= 0.3 is 5.97 Å². The van der Waals surface area contributed by atoms with Gasteiger partial charge in [-0.25, -0.2) is 4.79 Å². The molecule has 3 heteroatoms. The number of hydrogen-bond donors (Lipinski definition) is 1. The average molecular weight is 158 g/mol. The minimum absolute atomic E-state index is 0.00694. The summed E-state index contributed by atoms with van der Waals surface area (Å²) in [6, 6.07) is 0. The maximum atomic E-state index is 10.8. The van der Waals surface area contributed by atoms with Crippen molar-refractivity contribution in [1.29, 1.82) is 0 Å². The van der Waals surface area contributed by atoms with Gasteiger partial charge in [-0.05, 0) is 12.8 Å². The van der Waals surface area contributed by atoms with Crippen LogP contribution in [-0.4, -0.2) is 23.3 Å². The lowest BCUT2D eigenvalue weighted by Gasteiger charge is -2.13. The summed E-state index contributed by atoms with van der Waals surface area (Å²) in [5, 5.41) is 9.28. The van der Waals surface area contributed by atoms with Gasteiger partial charge in [0.1, 0.15) is 6.10 Å². The summed E-state index contributed by atoms with van der Waals surface area (Å²) >= 11 is 0. The van der Waals surface area contributed by atoms with Crippen molar-refractivity contribution in [3.8, 4) is 0 Å². The third kappa shape index (κ3) is 1.38. The Bertz CT molecular complexity index is 155. The van der Waals surface area contributed by atoms with Crippen molar-refractivity contribution in [2.24, 2.45) is 5.92 Å². The Kier molecular flexibility index (Phi) is 2.49. The second-order valence-electron chi connectivity index (χ2n) is 2.90. The molecule has 0 spiro atoms. The zero-order valence-corrected chi connectivity index (χ0v) is 6.91. The van der Waals surface area contributed by atoms with E-state index in [0.29, 0.717) is 0 Å². The average Bonchev–Trinajstić information content (AvgIpc) is 2.28. The lowest BCUT2D eigenvalue weighted by atomic mass is 9.94. The highest BCUT2D eigenvalue weighted by molar-refractivity contribution is 5.77. The third-order valence-corrected chi connectivity index (χ3v) is 2.27. The fourth-order valence-corrected chi connectivity index (χ4v) is 1.56. The van der Waals surface area contributed by atoms with Gasteiger partial charge < -0.3 is 9.84 Å². The summed E-state index contributed by atoms with van der Waals surface area (Å²) in [6.45, 7) is 3.91. The van der Waals surface area contributed by atoms with Gasteiger partial charge in [-0.1, -0.05) is 13.8 Å². The molecule has 3 unspecified atom stereocenters. The molecule has 3 nitrogen and oxygen atoms in total. The highest BCUT2D eigenvalue weighted by atomic mass is 16.6. The largest absolute Gasteiger partial charge is 0.460 e. The highest BCUT2D eigenvalue weighted by Gasteiger charge is 2.41. The number of rotatable bonds is 2. The Labute approximate surface area is 66.4 Å². The molecule has 11 heavy (non-hydrogen) atoms. The monoisotopic (exact) mass is 158 g/mol. The molecule has 1 rings (SSSR count). The first-order valence-electron chi connectivity index (χ1n) is 4.09. The molecule has 1 fully saturated rings. The number of carbonyl (C=O) groups is 1. The maximum Gasteiger partial charge on any atom is 0.335 e. The molecule has 0 bridgehead atoms. The maximum absolute atomic E-state index is 10.8. The number of esters is 1. The highest BCUT2D eigenvalue weighted by Crippen LogP contribution is 2.27. The standard InChI is InChI=1S/C8H14O3/c1-3-5-6(4-2)11-8(10)7(5)9/h5-7,9H,3-4H2,1-2H3. The van der Waals surface area contributed by atoms with Crippen LogP contribution in [0.3, 0.4) is 0 Å². The van der Waals surface area contributed by atoms with Gasteiger partial charge in [-0.3, -0.25) is 0 Å². The molecule has 64 valence electrons. The van der Waals surface area contributed by atoms with Crippen LogP contribution < -0.4 is 0 Å². The summed E-state index contributed by atoms with van der Waals surface area (Å²) in [5.74, 6) is -0.448. The summed E-state index contributed by atoms with van der Waals surface area (Å²) in [6.07, 6.45) is 0.639. The van der Waals surface area contributed by atoms with E-state index in [1.54, 1.807) is 0 Å². The van der Waals surface area contributed by atoms with Crippen LogP contribution in [0.15, 0.2) is 0 Å². The Balaban J connectivity index is 2.64. The second kappa shape index (κ2) is 3.22. The molecule has 0 radical (unpaired) electrons. The fourth-order valence-electron chi connectivity index (χ4n) is 1.56. The fraction of sp³-hybridized carbons (Fsp3) is 0.875. The molecule has 0 aromatic rings. The third-order valence-electron chi connectivity index (χ3n) is 2.27. The second-order valence-corrected chi connectivity index (χ2v) is 2.90. The van der Waals surface area contributed by atoms with Gasteiger partial charge in [-0.2, -0.15) is 0 Å². The summed E-state index contributed by atoms with van der Waals surface area (Å²) in [4.78, 5) is 10.8. The summed E-state index contributed by atoms with van der Waals surface area (Å²) in [7, 11) is 0. The molecule has 1 saturated heterocycles. The van der Waals surface area contributed by atoms with E-state index >= 15 is 0 Å². The van der Waals surface area contributed by atoms with Crippen LogP contribution in [0, 0.1) is 5.92 Å². The van der Waals surface area contributed by atoms with Gasteiger partial charge in [0.15, 0.2) is 6.10 Å². The first-order valence-corrected chi connectivity index (χ1v) is 4.09. The number of carbonyl (C=O) groups excluding carboxylic acids is 1. The molecule has 0 aliphatic carbocycles. The SMILES string of the molecule is CCC1OC(=O)C(O)C1CC. The Morgan fingerprint density at radius 2 is 2.09 bits per heavy atom. The van der Waals surface area contributed by atoms with Crippen molar-refractivity contribution in [1.82, 2.24) is 0 Å². The van der Waals surface area contributed by atoms with Crippen LogP contribution in [0.2, 0.25) is 0 Å². The predicted octanol–water partition coefficient (Wildman–Crippen LogP) is 0.709. The van der Waals surface area contributed by atoms with Crippen LogP contribution in [0.5, 0.6) is 0 Å². The number of hydrogen-bond acceptors (Lipinski definition) is 3. The first kappa shape index (κ1) is 8.53. The van der Waals surface area contributed by atoms with Crippen LogP contribution in [0.25, 0.3) is 0 Å². The van der Waals surface area contributed by atoms with E-state index in [-0.39, 0.29) is 12.0 Å². The molecule has 0 aromatic carbocycles. The minimum atomic E-state index is -0.884. The quantitative estimate of drug-likeness (QED) is 0.602. The zero-order valence-electron chi connectivity index (χ0n) is 6.91. The molecule has 1 aliphatic rings. The lowest BCUT2D eigenvalue weighted by Crippen LogP contribution is -2.24. The van der Waals surface area contributed by atoms with E-state index in [2.05, 4.69) is 0 Å². The van der Waals surface area contributed by atoms with Crippen molar-refractivity contribution in [3.63, 3.8) is 0 Å². The van der Waals surface area contributed by atoms with Crippen LogP contribution >= 0.6 is 0 Å².